The van der Waals surface area contributed by atoms with Crippen LogP contribution in [0.3, 0.4) is 0 Å². The van der Waals surface area contributed by atoms with Crippen molar-refractivity contribution in [2.45, 2.75) is 6.92 Å². The molecule has 1 aromatic carbocycles. The molecule has 0 aliphatic carbocycles. The molecule has 1 aromatic heterocycles. The lowest BCUT2D eigenvalue weighted by Crippen LogP contribution is -1.77. The number of benzene rings is 1. The average molecular weight is 258 g/mol. The van der Waals surface area contributed by atoms with Gasteiger partial charge in [-0.25, -0.2) is 0 Å². The van der Waals surface area contributed by atoms with Crippen LogP contribution in [0.5, 0.6) is 0 Å². The highest BCUT2D eigenvalue weighted by molar-refractivity contribution is 14.1. The minimum Gasteiger partial charge on any atom is -0.278 e. The van der Waals surface area contributed by atoms with Crippen molar-refractivity contribution in [1.29, 1.82) is 0 Å². The van der Waals surface area contributed by atoms with Crippen molar-refractivity contribution in [3.8, 4) is 0 Å². The van der Waals surface area contributed by atoms with Gasteiger partial charge in [0.15, 0.2) is 0 Å². The van der Waals surface area contributed by atoms with Crippen LogP contribution >= 0.6 is 22.6 Å². The smallest absolute Gasteiger partial charge is 0.0663 e. The van der Waals surface area contributed by atoms with Gasteiger partial charge < -0.3 is 0 Å². The van der Waals surface area contributed by atoms with Crippen molar-refractivity contribution < 1.29 is 0 Å². The van der Waals surface area contributed by atoms with Crippen LogP contribution < -0.4 is 0 Å². The first-order valence-electron chi connectivity index (χ1n) is 3.36. The van der Waals surface area contributed by atoms with E-state index in [1.165, 1.54) is 14.5 Å². The number of halogens is 1. The van der Waals surface area contributed by atoms with E-state index in [4.69, 9.17) is 0 Å². The maximum Gasteiger partial charge on any atom is 0.0663 e. The van der Waals surface area contributed by atoms with Gasteiger partial charge in [0.05, 0.1) is 11.7 Å². The van der Waals surface area contributed by atoms with Gasteiger partial charge in [-0.15, -0.1) is 0 Å². The van der Waals surface area contributed by atoms with Crippen LogP contribution in [0.2, 0.25) is 0 Å². The van der Waals surface area contributed by atoms with E-state index < -0.39 is 0 Å². The average Bonchev–Trinajstić information content (AvgIpc) is 2.34. The van der Waals surface area contributed by atoms with Crippen LogP contribution in [-0.2, 0) is 0 Å². The second-order valence-electron chi connectivity index (χ2n) is 2.55. The molecule has 0 aliphatic heterocycles. The van der Waals surface area contributed by atoms with E-state index in [0.29, 0.717) is 0 Å². The lowest BCUT2D eigenvalue weighted by atomic mass is 10.1. The number of hydrogen-bond acceptors (Lipinski definition) is 1. The van der Waals surface area contributed by atoms with Gasteiger partial charge in [0.2, 0.25) is 0 Å². The second kappa shape index (κ2) is 2.48. The van der Waals surface area contributed by atoms with E-state index in [2.05, 4.69) is 51.8 Å². The fourth-order valence-electron chi connectivity index (χ4n) is 1.18. The van der Waals surface area contributed by atoms with Gasteiger partial charge in [-0.1, -0.05) is 0 Å². The molecule has 0 radical (unpaired) electrons. The molecule has 0 saturated carbocycles. The summed E-state index contributed by atoms with van der Waals surface area (Å²) in [7, 11) is 0. The van der Waals surface area contributed by atoms with E-state index in [1.54, 1.807) is 0 Å². The molecule has 0 amide bonds. The molecule has 3 heteroatoms. The zero-order valence-electron chi connectivity index (χ0n) is 6.06. The molecule has 1 N–H and O–H groups in total. The van der Waals surface area contributed by atoms with E-state index >= 15 is 0 Å². The Bertz CT molecular complexity index is 392. The molecule has 2 nitrogen and oxygen atoms in total. The van der Waals surface area contributed by atoms with Crippen LogP contribution in [0.4, 0.5) is 0 Å². The summed E-state index contributed by atoms with van der Waals surface area (Å²) >= 11 is 2.30. The third kappa shape index (κ3) is 1.13. The van der Waals surface area contributed by atoms with E-state index in [1.807, 2.05) is 6.20 Å². The number of aromatic nitrogens is 2. The Balaban J connectivity index is 2.91. The lowest BCUT2D eigenvalue weighted by Gasteiger charge is -1.95. The molecule has 0 bridgehead atoms. The monoisotopic (exact) mass is 258 g/mol. The molecule has 1 heterocycles. The van der Waals surface area contributed by atoms with Crippen LogP contribution in [0.15, 0.2) is 18.3 Å². The summed E-state index contributed by atoms with van der Waals surface area (Å²) in [6, 6.07) is 4.24. The van der Waals surface area contributed by atoms with E-state index in [-0.39, 0.29) is 0 Å². The fourth-order valence-corrected chi connectivity index (χ4v) is 1.96. The number of nitrogens with one attached hydrogen (secondary N) is 1. The molecule has 56 valence electrons. The number of rotatable bonds is 0. The number of nitrogens with zero attached hydrogens (tertiary/aromatic N) is 1. The van der Waals surface area contributed by atoms with Crippen LogP contribution in [0, 0.1) is 10.5 Å². The molecular formula is C8H7IN2. The molecular weight excluding hydrogens is 251 g/mol. The van der Waals surface area contributed by atoms with Crippen molar-refractivity contribution in [3.63, 3.8) is 0 Å². The minimum absolute atomic E-state index is 1.12. The van der Waals surface area contributed by atoms with Crippen molar-refractivity contribution in [3.05, 3.63) is 27.5 Å². The number of hydrogen-bond donors (Lipinski definition) is 1. The molecule has 0 fully saturated rings. The largest absolute Gasteiger partial charge is 0.278 e. The first kappa shape index (κ1) is 7.09. The molecule has 2 aromatic rings. The van der Waals surface area contributed by atoms with Crippen molar-refractivity contribution >= 4 is 33.5 Å². The van der Waals surface area contributed by atoms with Crippen LogP contribution in [0.1, 0.15) is 5.56 Å². The Morgan fingerprint density at radius 2 is 2.27 bits per heavy atom. The number of aryl methyl sites for hydroxylation is 1. The normalized spacial score (nSPS) is 10.7. The Morgan fingerprint density at radius 3 is 3.09 bits per heavy atom. The standard InChI is InChI=1S/C8H7IN2/c1-5-2-6(9)3-8-7(5)4-10-11-8/h2-4H,1H3,(H,10,11). The molecule has 11 heavy (non-hydrogen) atoms. The fraction of sp³-hybridized carbons (Fsp3) is 0.125. The molecule has 2 rings (SSSR count). The number of fused-ring (bicyclic) bond motifs is 1. The maximum atomic E-state index is 3.97. The molecule has 0 atom stereocenters. The first-order chi connectivity index (χ1) is 5.27. The highest BCUT2D eigenvalue weighted by atomic mass is 127. The highest BCUT2D eigenvalue weighted by Crippen LogP contribution is 2.18. The quantitative estimate of drug-likeness (QED) is 0.722. The topological polar surface area (TPSA) is 28.7 Å². The summed E-state index contributed by atoms with van der Waals surface area (Å²) in [5.41, 5.74) is 2.40. The Hall–Kier alpha value is -0.580. The predicted molar refractivity (Wildman–Crippen MR) is 53.5 cm³/mol. The molecule has 0 unspecified atom stereocenters. The van der Waals surface area contributed by atoms with Gasteiger partial charge >= 0.3 is 0 Å². The SMILES string of the molecule is Cc1cc(I)cc2[nH]ncc12. The first-order valence-corrected chi connectivity index (χ1v) is 4.44. The Morgan fingerprint density at radius 1 is 1.45 bits per heavy atom. The third-order valence-electron chi connectivity index (χ3n) is 1.73. The maximum absolute atomic E-state index is 3.97. The predicted octanol–water partition coefficient (Wildman–Crippen LogP) is 2.48. The Labute approximate surface area is 78.1 Å². The summed E-state index contributed by atoms with van der Waals surface area (Å²) in [6.45, 7) is 2.10. The van der Waals surface area contributed by atoms with Gasteiger partial charge in [0, 0.05) is 8.96 Å². The Kier molecular flexibility index (Phi) is 1.60. The number of aromatic amines is 1. The minimum atomic E-state index is 1.12. The van der Waals surface area contributed by atoms with Crippen LogP contribution in [-0.4, -0.2) is 10.2 Å². The summed E-state index contributed by atoms with van der Waals surface area (Å²) in [5.74, 6) is 0. The van der Waals surface area contributed by atoms with Crippen molar-refractivity contribution in [2.75, 3.05) is 0 Å². The highest BCUT2D eigenvalue weighted by Gasteiger charge is 1.99. The summed E-state index contributed by atoms with van der Waals surface area (Å²) in [5, 5.41) is 8.13. The molecule has 0 spiro atoms. The second-order valence-corrected chi connectivity index (χ2v) is 3.80. The van der Waals surface area contributed by atoms with Gasteiger partial charge in [0.25, 0.3) is 0 Å². The van der Waals surface area contributed by atoms with Gasteiger partial charge in [-0.3, -0.25) is 5.10 Å². The third-order valence-corrected chi connectivity index (χ3v) is 2.35. The number of H-pyrrole nitrogens is 1. The van der Waals surface area contributed by atoms with Gasteiger partial charge in [-0.2, -0.15) is 5.10 Å². The van der Waals surface area contributed by atoms with Gasteiger partial charge in [0.1, 0.15) is 0 Å². The lowest BCUT2D eigenvalue weighted by molar-refractivity contribution is 1.12. The van der Waals surface area contributed by atoms with E-state index in [9.17, 15) is 0 Å². The van der Waals surface area contributed by atoms with Crippen LogP contribution in [0.25, 0.3) is 10.9 Å². The van der Waals surface area contributed by atoms with Crippen molar-refractivity contribution in [1.82, 2.24) is 10.2 Å². The summed E-state index contributed by atoms with van der Waals surface area (Å²) in [4.78, 5) is 0. The zero-order valence-corrected chi connectivity index (χ0v) is 8.21. The summed E-state index contributed by atoms with van der Waals surface area (Å²) in [6.07, 6.45) is 1.86. The van der Waals surface area contributed by atoms with E-state index in [0.717, 1.165) is 5.52 Å². The molecule has 0 aliphatic rings. The zero-order chi connectivity index (χ0) is 7.84. The molecule has 0 saturated heterocycles. The van der Waals surface area contributed by atoms with Gasteiger partial charge in [-0.05, 0) is 47.2 Å². The summed E-state index contributed by atoms with van der Waals surface area (Å²) < 4.78 is 1.25. The van der Waals surface area contributed by atoms with Crippen molar-refractivity contribution in [2.24, 2.45) is 0 Å².